The van der Waals surface area contributed by atoms with Gasteiger partial charge in [0.05, 0.1) is 11.1 Å². The van der Waals surface area contributed by atoms with Crippen molar-refractivity contribution in [2.24, 2.45) is 11.0 Å². The van der Waals surface area contributed by atoms with Gasteiger partial charge < -0.3 is 4.42 Å². The topological polar surface area (TPSA) is 54.6 Å². The van der Waals surface area contributed by atoms with Crippen molar-refractivity contribution >= 4 is 23.5 Å². The number of nitrogens with one attached hydrogen (secondary N) is 1. The Morgan fingerprint density at radius 2 is 2.32 bits per heavy atom. The predicted molar refractivity (Wildman–Crippen MR) is 88.7 cm³/mol. The predicted octanol–water partition coefficient (Wildman–Crippen LogP) is 4.10. The van der Waals surface area contributed by atoms with Crippen LogP contribution in [0, 0.1) is 12.8 Å². The molecule has 2 aromatic heterocycles. The summed E-state index contributed by atoms with van der Waals surface area (Å²) in [6.07, 6.45) is 3.69. The second kappa shape index (κ2) is 6.08. The van der Waals surface area contributed by atoms with E-state index in [0.29, 0.717) is 22.5 Å². The summed E-state index contributed by atoms with van der Waals surface area (Å²) in [5.41, 5.74) is 3.72. The van der Waals surface area contributed by atoms with Crippen LogP contribution in [0.4, 0.5) is 0 Å². The number of amides is 1. The van der Waals surface area contributed by atoms with Gasteiger partial charge in [-0.2, -0.15) is 5.10 Å². The third-order valence-electron chi connectivity index (χ3n) is 4.05. The lowest BCUT2D eigenvalue weighted by Crippen LogP contribution is -2.16. The second-order valence-corrected chi connectivity index (χ2v) is 6.97. The molecule has 0 spiro atoms. The summed E-state index contributed by atoms with van der Waals surface area (Å²) in [4.78, 5) is 14.0. The molecule has 1 fully saturated rings. The van der Waals surface area contributed by atoms with Gasteiger partial charge >= 0.3 is 0 Å². The average Bonchev–Trinajstić information content (AvgIpc) is 2.90. The fraction of sp³-hybridized carbons (Fsp3) is 0.412. The number of carbonyl (C=O) groups is 1. The summed E-state index contributed by atoms with van der Waals surface area (Å²) in [5.74, 6) is 2.78. The van der Waals surface area contributed by atoms with Crippen LogP contribution in [0.1, 0.15) is 57.8 Å². The van der Waals surface area contributed by atoms with Crippen LogP contribution in [0.25, 0.3) is 0 Å². The maximum atomic E-state index is 12.0. The smallest absolute Gasteiger partial charge is 0.281 e. The lowest BCUT2D eigenvalue weighted by Gasteiger charge is -1.95. The molecule has 2 aromatic rings. The van der Waals surface area contributed by atoms with Crippen LogP contribution in [0.5, 0.6) is 0 Å². The summed E-state index contributed by atoms with van der Waals surface area (Å²) < 4.78 is 5.71. The molecule has 116 valence electrons. The molecule has 1 aliphatic rings. The first-order chi connectivity index (χ1) is 10.6. The van der Waals surface area contributed by atoms with E-state index in [-0.39, 0.29) is 5.91 Å². The lowest BCUT2D eigenvalue weighted by molar-refractivity contribution is 0.0959. The summed E-state index contributed by atoms with van der Waals surface area (Å²) in [6, 6.07) is 5.79. The molecule has 0 bridgehead atoms. The maximum absolute atomic E-state index is 12.0. The minimum Gasteiger partial charge on any atom is -0.460 e. The van der Waals surface area contributed by atoms with Gasteiger partial charge in [0.15, 0.2) is 0 Å². The van der Waals surface area contributed by atoms with E-state index in [0.717, 1.165) is 17.7 Å². The first-order valence-corrected chi connectivity index (χ1v) is 8.42. The van der Waals surface area contributed by atoms with E-state index in [4.69, 9.17) is 4.42 Å². The zero-order valence-electron chi connectivity index (χ0n) is 13.1. The van der Waals surface area contributed by atoms with E-state index in [9.17, 15) is 4.79 Å². The van der Waals surface area contributed by atoms with Crippen LogP contribution >= 0.6 is 11.3 Å². The first kappa shape index (κ1) is 15.0. The molecule has 5 heteroatoms. The number of carbonyl (C=O) groups excluding carboxylic acids is 1. The Hall–Kier alpha value is -1.88. The minimum atomic E-state index is -0.174. The fourth-order valence-electron chi connectivity index (χ4n) is 2.55. The average molecular weight is 316 g/mol. The molecule has 1 saturated carbocycles. The number of thiophene rings is 1. The number of hydrogen-bond acceptors (Lipinski definition) is 4. The molecule has 1 aliphatic carbocycles. The number of nitrogens with zero attached hydrogens (tertiary/aromatic N) is 1. The van der Waals surface area contributed by atoms with Crippen molar-refractivity contribution in [2.45, 2.75) is 39.5 Å². The molecule has 3 rings (SSSR count). The van der Waals surface area contributed by atoms with Crippen molar-refractivity contribution in [1.82, 2.24) is 5.43 Å². The normalized spacial score (nSPS) is 20.5. The van der Waals surface area contributed by atoms with Crippen molar-refractivity contribution in [3.05, 3.63) is 45.0 Å². The van der Waals surface area contributed by atoms with Gasteiger partial charge in [-0.15, -0.1) is 11.3 Å². The number of hydrazone groups is 1. The van der Waals surface area contributed by atoms with E-state index < -0.39 is 0 Å². The van der Waals surface area contributed by atoms with Crippen LogP contribution in [-0.4, -0.2) is 12.1 Å². The van der Waals surface area contributed by atoms with Crippen LogP contribution in [0.15, 0.2) is 27.7 Å². The third-order valence-corrected chi connectivity index (χ3v) is 5.43. The highest BCUT2D eigenvalue weighted by Crippen LogP contribution is 2.47. The Kier molecular flexibility index (Phi) is 4.16. The number of rotatable bonds is 5. The van der Waals surface area contributed by atoms with E-state index in [1.807, 2.05) is 25.1 Å². The highest BCUT2D eigenvalue weighted by Gasteiger charge is 2.36. The van der Waals surface area contributed by atoms with Gasteiger partial charge in [0.2, 0.25) is 0 Å². The van der Waals surface area contributed by atoms with Crippen molar-refractivity contribution in [1.29, 1.82) is 0 Å². The molecule has 1 N–H and O–H groups in total. The van der Waals surface area contributed by atoms with Gasteiger partial charge in [0.25, 0.3) is 5.91 Å². The van der Waals surface area contributed by atoms with Gasteiger partial charge in [-0.05, 0) is 49.4 Å². The molecule has 1 amide bonds. The first-order valence-electron chi connectivity index (χ1n) is 7.61. The number of hydrogen-bond donors (Lipinski definition) is 1. The van der Waals surface area contributed by atoms with Gasteiger partial charge in [-0.3, -0.25) is 4.79 Å². The molecular formula is C17H20N2O2S. The molecular weight excluding hydrogens is 296 g/mol. The Labute approximate surface area is 134 Å². The van der Waals surface area contributed by atoms with Crippen molar-refractivity contribution in [2.75, 3.05) is 0 Å². The largest absolute Gasteiger partial charge is 0.460 e. The number of aryl methyl sites for hydroxylation is 2. The van der Waals surface area contributed by atoms with E-state index in [1.54, 1.807) is 6.21 Å². The Morgan fingerprint density at radius 1 is 1.55 bits per heavy atom. The van der Waals surface area contributed by atoms with E-state index in [2.05, 4.69) is 24.4 Å². The van der Waals surface area contributed by atoms with Crippen LogP contribution < -0.4 is 5.43 Å². The van der Waals surface area contributed by atoms with E-state index in [1.165, 1.54) is 22.6 Å². The molecule has 2 heterocycles. The monoisotopic (exact) mass is 316 g/mol. The quantitative estimate of drug-likeness (QED) is 0.667. The number of furan rings is 1. The molecule has 0 unspecified atom stereocenters. The highest BCUT2D eigenvalue weighted by atomic mass is 32.1. The van der Waals surface area contributed by atoms with Gasteiger partial charge in [0, 0.05) is 10.8 Å². The molecule has 22 heavy (non-hydrogen) atoms. The molecule has 0 aromatic carbocycles. The van der Waals surface area contributed by atoms with Crippen LogP contribution in [0.2, 0.25) is 0 Å². The van der Waals surface area contributed by atoms with Crippen LogP contribution in [-0.2, 0) is 6.42 Å². The summed E-state index contributed by atoms with van der Waals surface area (Å²) in [5, 5.41) is 3.98. The minimum absolute atomic E-state index is 0.174. The summed E-state index contributed by atoms with van der Waals surface area (Å²) in [6.45, 7) is 6.33. The zero-order chi connectivity index (χ0) is 15.7. The SMILES string of the molecule is CCc1sc(C(=O)N/N=C\c2ccc([C@H]3C[C@@H]3C)o2)cc1C. The maximum Gasteiger partial charge on any atom is 0.281 e. The summed E-state index contributed by atoms with van der Waals surface area (Å²) in [7, 11) is 0. The molecule has 0 radical (unpaired) electrons. The van der Waals surface area contributed by atoms with Crippen molar-refractivity contribution < 1.29 is 9.21 Å². The third kappa shape index (κ3) is 3.14. The van der Waals surface area contributed by atoms with Crippen LogP contribution in [0.3, 0.4) is 0 Å². The van der Waals surface area contributed by atoms with Crippen molar-refractivity contribution in [3.8, 4) is 0 Å². The molecule has 2 atom stereocenters. The lowest BCUT2D eigenvalue weighted by atomic mass is 10.2. The van der Waals surface area contributed by atoms with Gasteiger partial charge in [-0.1, -0.05) is 13.8 Å². The Bertz CT molecular complexity index is 714. The van der Waals surface area contributed by atoms with E-state index >= 15 is 0 Å². The molecule has 4 nitrogen and oxygen atoms in total. The van der Waals surface area contributed by atoms with Gasteiger partial charge in [-0.25, -0.2) is 5.43 Å². The van der Waals surface area contributed by atoms with Crippen molar-refractivity contribution in [3.63, 3.8) is 0 Å². The Balaban J connectivity index is 1.59. The zero-order valence-corrected chi connectivity index (χ0v) is 13.9. The molecule has 0 saturated heterocycles. The highest BCUT2D eigenvalue weighted by molar-refractivity contribution is 7.14. The molecule has 0 aliphatic heterocycles. The Morgan fingerprint density at radius 3 is 2.95 bits per heavy atom. The standard InChI is InChI=1S/C17H20N2O2S/c1-4-15-11(3)8-16(22-15)17(20)19-18-9-12-5-6-14(21-12)13-7-10(13)2/h5-6,8-10,13H,4,7H2,1-3H3,(H,19,20)/b18-9-/t10-,13-/m0/s1. The van der Waals surface area contributed by atoms with Gasteiger partial charge in [0.1, 0.15) is 11.5 Å². The fourth-order valence-corrected chi connectivity index (χ4v) is 3.55. The summed E-state index contributed by atoms with van der Waals surface area (Å²) >= 11 is 1.52. The second-order valence-electron chi connectivity index (χ2n) is 5.83.